The van der Waals surface area contributed by atoms with Crippen molar-refractivity contribution in [1.29, 1.82) is 0 Å². The van der Waals surface area contributed by atoms with Crippen molar-refractivity contribution in [2.45, 2.75) is 9.92 Å². The highest BCUT2D eigenvalue weighted by Crippen LogP contribution is 2.37. The SMILES string of the molecule is CN(C)CCNc1oc(-c2cccs2)nc1S(=O)(=O)c1ccc2c(c1)OCCO2. The summed E-state index contributed by atoms with van der Waals surface area (Å²) in [5.74, 6) is 1.33. The van der Waals surface area contributed by atoms with Gasteiger partial charge in [-0.05, 0) is 37.7 Å². The topological polar surface area (TPSA) is 93.9 Å². The van der Waals surface area contributed by atoms with Crippen LogP contribution in [0.4, 0.5) is 5.88 Å². The second-order valence-corrected chi connectivity index (χ2v) is 9.48. The van der Waals surface area contributed by atoms with Gasteiger partial charge < -0.3 is 24.1 Å². The number of oxazole rings is 1. The number of anilines is 1. The Balaban J connectivity index is 1.73. The molecule has 0 saturated carbocycles. The van der Waals surface area contributed by atoms with Crippen LogP contribution in [0.3, 0.4) is 0 Å². The Morgan fingerprint density at radius 1 is 1.17 bits per heavy atom. The number of likely N-dealkylation sites (N-methyl/N-ethyl adjacent to an activating group) is 1. The summed E-state index contributed by atoms with van der Waals surface area (Å²) in [5.41, 5.74) is 0. The van der Waals surface area contributed by atoms with E-state index in [0.29, 0.717) is 37.8 Å². The van der Waals surface area contributed by atoms with E-state index in [2.05, 4.69) is 10.3 Å². The Labute approximate surface area is 173 Å². The Kier molecular flexibility index (Phi) is 5.48. The van der Waals surface area contributed by atoms with E-state index >= 15 is 0 Å². The number of rotatable bonds is 7. The molecule has 0 atom stereocenters. The van der Waals surface area contributed by atoms with Crippen LogP contribution in [-0.4, -0.2) is 58.7 Å². The molecule has 0 spiro atoms. The molecule has 1 aromatic carbocycles. The number of ether oxygens (including phenoxy) is 2. The number of aromatic nitrogens is 1. The summed E-state index contributed by atoms with van der Waals surface area (Å²) < 4.78 is 43.5. The van der Waals surface area contributed by atoms with Gasteiger partial charge in [0.1, 0.15) is 13.2 Å². The number of thiophene rings is 1. The molecule has 0 radical (unpaired) electrons. The third-order valence-corrected chi connectivity index (χ3v) is 6.77. The molecule has 10 heteroatoms. The lowest BCUT2D eigenvalue weighted by molar-refractivity contribution is 0.171. The fraction of sp³-hybridized carbons (Fsp3) is 0.316. The van der Waals surface area contributed by atoms with Crippen molar-refractivity contribution in [2.24, 2.45) is 0 Å². The zero-order valence-corrected chi connectivity index (χ0v) is 17.7. The van der Waals surface area contributed by atoms with Crippen molar-refractivity contribution in [3.05, 3.63) is 35.7 Å². The maximum Gasteiger partial charge on any atom is 0.240 e. The molecule has 0 unspecified atom stereocenters. The normalized spacial score (nSPS) is 13.6. The lowest BCUT2D eigenvalue weighted by Crippen LogP contribution is -2.21. The van der Waals surface area contributed by atoms with Gasteiger partial charge >= 0.3 is 0 Å². The number of benzene rings is 1. The third-order valence-electron chi connectivity index (χ3n) is 4.25. The van der Waals surface area contributed by atoms with E-state index in [1.807, 2.05) is 36.5 Å². The molecule has 0 saturated heterocycles. The number of nitrogens with one attached hydrogen (secondary N) is 1. The first-order valence-electron chi connectivity index (χ1n) is 9.03. The Bertz CT molecular complexity index is 1090. The van der Waals surface area contributed by atoms with E-state index in [1.165, 1.54) is 23.5 Å². The van der Waals surface area contributed by atoms with Crippen LogP contribution in [-0.2, 0) is 9.84 Å². The lowest BCUT2D eigenvalue weighted by atomic mass is 10.3. The second-order valence-electron chi connectivity index (χ2n) is 6.67. The van der Waals surface area contributed by atoms with Gasteiger partial charge in [-0.1, -0.05) is 6.07 Å². The van der Waals surface area contributed by atoms with Crippen molar-refractivity contribution in [1.82, 2.24) is 9.88 Å². The number of sulfone groups is 1. The number of nitrogens with zero attached hydrogens (tertiary/aromatic N) is 2. The lowest BCUT2D eigenvalue weighted by Gasteiger charge is -2.18. The summed E-state index contributed by atoms with van der Waals surface area (Å²) in [6.07, 6.45) is 0. The van der Waals surface area contributed by atoms with Gasteiger partial charge in [-0.2, -0.15) is 4.98 Å². The molecule has 0 bridgehead atoms. The average Bonchev–Trinajstić information content (AvgIpc) is 3.37. The van der Waals surface area contributed by atoms with Gasteiger partial charge in [-0.3, -0.25) is 0 Å². The fourth-order valence-electron chi connectivity index (χ4n) is 2.80. The first-order valence-corrected chi connectivity index (χ1v) is 11.4. The molecule has 3 heterocycles. The van der Waals surface area contributed by atoms with Crippen molar-refractivity contribution < 1.29 is 22.3 Å². The van der Waals surface area contributed by atoms with Gasteiger partial charge in [-0.25, -0.2) is 8.42 Å². The van der Waals surface area contributed by atoms with Gasteiger partial charge in [-0.15, -0.1) is 11.3 Å². The predicted molar refractivity (Wildman–Crippen MR) is 110 cm³/mol. The van der Waals surface area contributed by atoms with Crippen molar-refractivity contribution >= 4 is 27.1 Å². The minimum Gasteiger partial charge on any atom is -0.486 e. The molecule has 3 aromatic rings. The molecule has 0 fully saturated rings. The van der Waals surface area contributed by atoms with E-state index in [4.69, 9.17) is 13.9 Å². The summed E-state index contributed by atoms with van der Waals surface area (Å²) in [5, 5.41) is 4.80. The predicted octanol–water partition coefficient (Wildman–Crippen LogP) is 2.98. The first kappa shape index (κ1) is 19.7. The quantitative estimate of drug-likeness (QED) is 0.605. The number of hydrogen-bond donors (Lipinski definition) is 1. The highest BCUT2D eigenvalue weighted by atomic mass is 32.2. The summed E-state index contributed by atoms with van der Waals surface area (Å²) in [7, 11) is -0.0629. The van der Waals surface area contributed by atoms with E-state index in [0.717, 1.165) is 4.88 Å². The maximum absolute atomic E-state index is 13.4. The molecule has 0 aliphatic carbocycles. The van der Waals surface area contributed by atoms with Crippen LogP contribution in [0.15, 0.2) is 50.1 Å². The maximum atomic E-state index is 13.4. The van der Waals surface area contributed by atoms with Crippen LogP contribution in [0.5, 0.6) is 11.5 Å². The molecule has 4 rings (SSSR count). The zero-order chi connectivity index (χ0) is 20.4. The van der Waals surface area contributed by atoms with Crippen LogP contribution in [0.2, 0.25) is 0 Å². The summed E-state index contributed by atoms with van der Waals surface area (Å²) >= 11 is 1.43. The van der Waals surface area contributed by atoms with Crippen molar-refractivity contribution in [3.8, 4) is 22.3 Å². The Morgan fingerprint density at radius 3 is 2.69 bits per heavy atom. The zero-order valence-electron chi connectivity index (χ0n) is 16.0. The Hall–Kier alpha value is -2.56. The van der Waals surface area contributed by atoms with E-state index in [9.17, 15) is 8.42 Å². The van der Waals surface area contributed by atoms with Gasteiger partial charge in [0.2, 0.25) is 26.6 Å². The molecule has 1 N–H and O–H groups in total. The van der Waals surface area contributed by atoms with Gasteiger partial charge in [0.25, 0.3) is 0 Å². The standard InChI is InChI=1S/C19H21N3O5S2/c1-22(2)8-7-20-18-19(21-17(27-18)16-4-3-11-28-16)29(23,24)13-5-6-14-15(12-13)26-10-9-25-14/h3-6,11-12,20H,7-10H2,1-2H3. The van der Waals surface area contributed by atoms with Gasteiger partial charge in [0.15, 0.2) is 11.5 Å². The fourth-order valence-corrected chi connectivity index (χ4v) is 4.74. The first-order chi connectivity index (χ1) is 13.9. The number of fused-ring (bicyclic) bond motifs is 1. The Morgan fingerprint density at radius 2 is 1.97 bits per heavy atom. The minimum absolute atomic E-state index is 0.0726. The smallest absolute Gasteiger partial charge is 0.240 e. The molecule has 2 aromatic heterocycles. The van der Waals surface area contributed by atoms with Crippen molar-refractivity contribution in [2.75, 3.05) is 45.7 Å². The molecule has 154 valence electrons. The van der Waals surface area contributed by atoms with Crippen LogP contribution in [0.25, 0.3) is 10.8 Å². The monoisotopic (exact) mass is 435 g/mol. The molecular weight excluding hydrogens is 414 g/mol. The van der Waals surface area contributed by atoms with Crippen LogP contribution >= 0.6 is 11.3 Å². The third kappa shape index (κ3) is 4.09. The molecular formula is C19H21N3O5S2. The van der Waals surface area contributed by atoms with Crippen LogP contribution < -0.4 is 14.8 Å². The highest BCUT2D eigenvalue weighted by Gasteiger charge is 2.30. The summed E-state index contributed by atoms with van der Waals surface area (Å²) in [4.78, 5) is 7.13. The van der Waals surface area contributed by atoms with Gasteiger partial charge in [0.05, 0.1) is 9.77 Å². The second kappa shape index (κ2) is 8.05. The molecule has 1 aliphatic heterocycles. The van der Waals surface area contributed by atoms with E-state index < -0.39 is 9.84 Å². The van der Waals surface area contributed by atoms with Gasteiger partial charge in [0, 0.05) is 19.2 Å². The molecule has 1 aliphatic rings. The van der Waals surface area contributed by atoms with Crippen molar-refractivity contribution in [3.63, 3.8) is 0 Å². The molecule has 0 amide bonds. The summed E-state index contributed by atoms with van der Waals surface area (Å²) in [6, 6.07) is 8.25. The number of hydrogen-bond acceptors (Lipinski definition) is 9. The highest BCUT2D eigenvalue weighted by molar-refractivity contribution is 7.91. The van der Waals surface area contributed by atoms with Crippen LogP contribution in [0, 0.1) is 0 Å². The largest absolute Gasteiger partial charge is 0.486 e. The van der Waals surface area contributed by atoms with E-state index in [-0.39, 0.29) is 21.7 Å². The average molecular weight is 436 g/mol. The molecule has 8 nitrogen and oxygen atoms in total. The minimum atomic E-state index is -3.94. The summed E-state index contributed by atoms with van der Waals surface area (Å²) in [6.45, 7) is 2.03. The van der Waals surface area contributed by atoms with Crippen LogP contribution in [0.1, 0.15) is 0 Å². The molecule has 29 heavy (non-hydrogen) atoms. The van der Waals surface area contributed by atoms with E-state index in [1.54, 1.807) is 6.07 Å².